The van der Waals surface area contributed by atoms with Crippen LogP contribution in [-0.2, 0) is 4.79 Å². The van der Waals surface area contributed by atoms with E-state index in [2.05, 4.69) is 47.7 Å². The molecule has 0 aromatic heterocycles. The molecule has 2 aliphatic carbocycles. The molecule has 1 aliphatic heterocycles. The van der Waals surface area contributed by atoms with Crippen LogP contribution >= 0.6 is 11.8 Å². The van der Waals surface area contributed by atoms with E-state index in [0.29, 0.717) is 17.9 Å². The highest BCUT2D eigenvalue weighted by atomic mass is 32.2. The normalized spacial score (nSPS) is 33.8. The van der Waals surface area contributed by atoms with Gasteiger partial charge in [0.1, 0.15) is 11.7 Å². The largest absolute Gasteiger partial charge is 0.318 e. The number of nitrogens with zero attached hydrogens (tertiary/aromatic N) is 1. The van der Waals surface area contributed by atoms with Gasteiger partial charge in [-0.05, 0) is 49.1 Å². The fourth-order valence-electron chi connectivity index (χ4n) is 3.30. The van der Waals surface area contributed by atoms with Gasteiger partial charge in [0.25, 0.3) is 0 Å². The van der Waals surface area contributed by atoms with Crippen LogP contribution in [-0.4, -0.2) is 28.6 Å². The van der Waals surface area contributed by atoms with Gasteiger partial charge < -0.3 is 4.90 Å². The second-order valence-electron chi connectivity index (χ2n) is 6.39. The predicted octanol–water partition coefficient (Wildman–Crippen LogP) is 2.78. The van der Waals surface area contributed by atoms with Gasteiger partial charge in [-0.2, -0.15) is 0 Å². The summed E-state index contributed by atoms with van der Waals surface area (Å²) < 4.78 is 0. The van der Waals surface area contributed by atoms with Crippen molar-refractivity contribution in [3.8, 4) is 0 Å². The van der Waals surface area contributed by atoms with E-state index in [1.807, 2.05) is 0 Å². The van der Waals surface area contributed by atoms with Gasteiger partial charge in [-0.25, -0.2) is 0 Å². The highest BCUT2D eigenvalue weighted by Crippen LogP contribution is 2.51. The predicted molar refractivity (Wildman–Crippen MR) is 80.5 cm³/mol. The van der Waals surface area contributed by atoms with Gasteiger partial charge in [0.2, 0.25) is 5.91 Å². The lowest BCUT2D eigenvalue weighted by atomic mass is 10.1. The number of carbonyl (C=O) groups excluding carboxylic acids is 1. The summed E-state index contributed by atoms with van der Waals surface area (Å²) >= 11 is 1.75. The lowest BCUT2D eigenvalue weighted by Crippen LogP contribution is -2.34. The number of carbonyl (C=O) groups is 1. The Hall–Kier alpha value is -1.00. The maximum atomic E-state index is 12.7. The van der Waals surface area contributed by atoms with Crippen molar-refractivity contribution in [1.82, 2.24) is 10.2 Å². The molecule has 4 heteroatoms. The molecule has 2 saturated carbocycles. The maximum absolute atomic E-state index is 12.7. The van der Waals surface area contributed by atoms with Crippen molar-refractivity contribution < 1.29 is 4.79 Å². The Morgan fingerprint density at radius 1 is 1.30 bits per heavy atom. The summed E-state index contributed by atoms with van der Waals surface area (Å²) in [4.78, 5) is 16.1. The molecule has 1 aromatic carbocycles. The average Bonchev–Trinajstić information content (AvgIpc) is 3.36. The van der Waals surface area contributed by atoms with E-state index in [9.17, 15) is 4.79 Å². The van der Waals surface area contributed by atoms with E-state index in [1.54, 1.807) is 11.8 Å². The minimum absolute atomic E-state index is 0.0795. The minimum Gasteiger partial charge on any atom is -0.318 e. The van der Waals surface area contributed by atoms with E-state index in [-0.39, 0.29) is 11.7 Å². The van der Waals surface area contributed by atoms with Crippen LogP contribution in [0.25, 0.3) is 0 Å². The van der Waals surface area contributed by atoms with Crippen LogP contribution in [0.4, 0.5) is 0 Å². The number of rotatable bonds is 3. The van der Waals surface area contributed by atoms with Crippen molar-refractivity contribution in [2.75, 3.05) is 6.26 Å². The highest BCUT2D eigenvalue weighted by Gasteiger charge is 2.62. The number of thioether (sulfide) groups is 1. The summed E-state index contributed by atoms with van der Waals surface area (Å²) in [5.41, 5.74) is 1.00. The summed E-state index contributed by atoms with van der Waals surface area (Å²) in [6.45, 7) is 2.24. The van der Waals surface area contributed by atoms with Crippen molar-refractivity contribution in [2.45, 2.75) is 48.8 Å². The monoisotopic (exact) mass is 288 g/mol. The van der Waals surface area contributed by atoms with Gasteiger partial charge in [-0.15, -0.1) is 11.8 Å². The molecule has 1 spiro atoms. The average molecular weight is 288 g/mol. The number of benzene rings is 1. The summed E-state index contributed by atoms with van der Waals surface area (Å²) in [7, 11) is 0. The lowest BCUT2D eigenvalue weighted by molar-refractivity contribution is -0.131. The molecule has 3 unspecified atom stereocenters. The van der Waals surface area contributed by atoms with Crippen LogP contribution in [0.3, 0.4) is 0 Å². The molecule has 1 saturated heterocycles. The van der Waals surface area contributed by atoms with Crippen molar-refractivity contribution in [3.63, 3.8) is 0 Å². The zero-order valence-corrected chi connectivity index (χ0v) is 12.7. The van der Waals surface area contributed by atoms with E-state index >= 15 is 0 Å². The number of hydrogen-bond acceptors (Lipinski definition) is 3. The van der Waals surface area contributed by atoms with Crippen molar-refractivity contribution in [1.29, 1.82) is 0 Å². The van der Waals surface area contributed by atoms with E-state index < -0.39 is 0 Å². The summed E-state index contributed by atoms with van der Waals surface area (Å²) in [6.07, 6.45) is 5.33. The lowest BCUT2D eigenvalue weighted by Gasteiger charge is -2.25. The van der Waals surface area contributed by atoms with Crippen LogP contribution in [0.15, 0.2) is 29.2 Å². The van der Waals surface area contributed by atoms with Gasteiger partial charge in [0, 0.05) is 10.9 Å². The highest BCUT2D eigenvalue weighted by molar-refractivity contribution is 7.98. The number of hydrogen-bond donors (Lipinski definition) is 1. The SMILES string of the molecule is CSc1ccc(C2NC3(CC3)C(=O)N2C2CC2C)cc1. The number of nitrogens with one attached hydrogen (secondary N) is 1. The van der Waals surface area contributed by atoms with Crippen molar-refractivity contribution >= 4 is 17.7 Å². The molecule has 106 valence electrons. The minimum atomic E-state index is -0.217. The Bertz CT molecular complexity index is 552. The fourth-order valence-corrected chi connectivity index (χ4v) is 3.71. The Labute approximate surface area is 124 Å². The molecule has 20 heavy (non-hydrogen) atoms. The molecule has 1 amide bonds. The molecule has 3 nitrogen and oxygen atoms in total. The Kier molecular flexibility index (Phi) is 2.70. The first-order chi connectivity index (χ1) is 9.64. The molecule has 4 rings (SSSR count). The topological polar surface area (TPSA) is 32.3 Å². The van der Waals surface area contributed by atoms with Crippen molar-refractivity contribution in [2.24, 2.45) is 5.92 Å². The van der Waals surface area contributed by atoms with Crippen LogP contribution in [0.5, 0.6) is 0 Å². The molecule has 0 radical (unpaired) electrons. The summed E-state index contributed by atoms with van der Waals surface area (Å²) in [6, 6.07) is 9.08. The Morgan fingerprint density at radius 3 is 2.45 bits per heavy atom. The molecule has 1 heterocycles. The standard InChI is InChI=1S/C16H20N2OS/c1-10-9-13(10)18-14(17-16(7-8-16)15(18)19)11-3-5-12(20-2)6-4-11/h3-6,10,13-14,17H,7-9H2,1-2H3. The first-order valence-electron chi connectivity index (χ1n) is 7.39. The molecular formula is C16H20N2OS. The van der Waals surface area contributed by atoms with Crippen LogP contribution in [0.1, 0.15) is 37.9 Å². The molecule has 1 N–H and O–H groups in total. The number of amides is 1. The zero-order chi connectivity index (χ0) is 13.9. The molecule has 3 atom stereocenters. The van der Waals surface area contributed by atoms with Gasteiger partial charge in [0.05, 0.1) is 0 Å². The molecule has 3 fully saturated rings. The third-order valence-corrected chi connectivity index (χ3v) is 5.68. The Morgan fingerprint density at radius 2 is 1.95 bits per heavy atom. The van der Waals surface area contributed by atoms with Gasteiger partial charge in [-0.1, -0.05) is 19.1 Å². The first-order valence-corrected chi connectivity index (χ1v) is 8.61. The molecular weight excluding hydrogens is 268 g/mol. The summed E-state index contributed by atoms with van der Waals surface area (Å²) in [5, 5.41) is 3.61. The molecule has 3 aliphatic rings. The molecule has 1 aromatic rings. The smallest absolute Gasteiger partial charge is 0.244 e. The third kappa shape index (κ3) is 1.81. The van der Waals surface area contributed by atoms with Crippen LogP contribution < -0.4 is 5.32 Å². The van der Waals surface area contributed by atoms with Gasteiger partial charge in [0.15, 0.2) is 0 Å². The van der Waals surface area contributed by atoms with E-state index in [0.717, 1.165) is 19.3 Å². The second kappa shape index (κ2) is 4.25. The van der Waals surface area contributed by atoms with Crippen LogP contribution in [0.2, 0.25) is 0 Å². The fraction of sp³-hybridized carbons (Fsp3) is 0.562. The second-order valence-corrected chi connectivity index (χ2v) is 7.27. The quantitative estimate of drug-likeness (QED) is 0.868. The van der Waals surface area contributed by atoms with Crippen LogP contribution in [0, 0.1) is 5.92 Å². The maximum Gasteiger partial charge on any atom is 0.244 e. The van der Waals surface area contributed by atoms with Gasteiger partial charge in [-0.3, -0.25) is 10.1 Å². The van der Waals surface area contributed by atoms with Gasteiger partial charge >= 0.3 is 0 Å². The molecule has 0 bridgehead atoms. The van der Waals surface area contributed by atoms with E-state index in [4.69, 9.17) is 0 Å². The Balaban J connectivity index is 1.66. The zero-order valence-electron chi connectivity index (χ0n) is 11.9. The third-order valence-electron chi connectivity index (χ3n) is 4.94. The first kappa shape index (κ1) is 12.7. The van der Waals surface area contributed by atoms with E-state index in [1.165, 1.54) is 10.5 Å². The van der Waals surface area contributed by atoms with Crippen molar-refractivity contribution in [3.05, 3.63) is 29.8 Å². The summed E-state index contributed by atoms with van der Waals surface area (Å²) in [5.74, 6) is 0.994.